The molecule has 17 nitrogen and oxygen atoms in total. The van der Waals surface area contributed by atoms with Crippen molar-refractivity contribution in [3.05, 3.63) is 531 Å². The van der Waals surface area contributed by atoms with Crippen LogP contribution in [0.5, 0.6) is 0 Å². The largest absolute Gasteiger partial charge is 0.455 e. The fourth-order valence-corrected chi connectivity index (χ4v) is 19.2. The maximum Gasteiger partial charge on any atom is 0.307 e. The molecule has 0 saturated heterocycles. The molecule has 0 atom stereocenters. The quantitative estimate of drug-likeness (QED) is 0.0581. The molecule has 17 heteroatoms. The van der Waals surface area contributed by atoms with Gasteiger partial charge in [-0.05, 0) is 210 Å². The SMILES string of the molecule is [C-]#[N+]c1nc2c(nc1C#N)c1nc(C#N)c(C#N)nc1c1nc([N+]#[C-])c([N+]#[C-])nc21.c1ccc(-c2ccc(-c3ccc(N(c4ccc(-c5cccc6c5oc5ccccc56)cc4)c4ccc(-c5cccc6c5oc5ccccc56)cc4)cc3)cc2)cc1.c1ccc(-c2ccc(-c3ccc(N(c4ccccc4)c4ccc(-c5ccc(N(c6ccc(-c7ccccc7)cc6)c6ccc(-c7ccccc7)cc6)cc5)cc4)cc3)cc2)cc1. The van der Waals surface area contributed by atoms with E-state index in [1.807, 2.05) is 24.3 Å². The van der Waals surface area contributed by atoms with Crippen LogP contribution in [0.2, 0.25) is 0 Å². The lowest BCUT2D eigenvalue weighted by molar-refractivity contribution is 0.669. The van der Waals surface area contributed by atoms with Crippen molar-refractivity contribution < 1.29 is 8.83 Å². The zero-order valence-corrected chi connectivity index (χ0v) is 79.6. The van der Waals surface area contributed by atoms with E-state index in [1.165, 1.54) is 66.8 Å². The molecule has 25 aromatic rings. The molecular formula is C132H79N15O2. The maximum atomic E-state index is 9.30. The Balaban J connectivity index is 0.000000130. The van der Waals surface area contributed by atoms with Gasteiger partial charge in [-0.3, -0.25) is 0 Å². The van der Waals surface area contributed by atoms with Crippen LogP contribution in [0.3, 0.4) is 0 Å². The van der Waals surface area contributed by atoms with Crippen LogP contribution < -0.4 is 14.7 Å². The number of hydrogen-bond donors (Lipinski definition) is 0. The molecule has 0 saturated carbocycles. The van der Waals surface area contributed by atoms with E-state index in [2.05, 4.69) is 514 Å². The third-order valence-electron chi connectivity index (χ3n) is 26.6. The molecule has 0 radical (unpaired) electrons. The highest BCUT2D eigenvalue weighted by Crippen LogP contribution is 2.47. The monoisotopic (exact) mass is 1910 g/mol. The Hall–Kier alpha value is -21.6. The van der Waals surface area contributed by atoms with Gasteiger partial charge in [-0.1, -0.05) is 378 Å². The van der Waals surface area contributed by atoms with E-state index in [4.69, 9.17) is 28.6 Å². The zero-order valence-electron chi connectivity index (χ0n) is 79.6. The number of rotatable bonds is 18. The van der Waals surface area contributed by atoms with Crippen molar-refractivity contribution in [1.82, 2.24) is 29.9 Å². The van der Waals surface area contributed by atoms with Crippen molar-refractivity contribution in [2.24, 2.45) is 0 Å². The Morgan fingerprint density at radius 3 is 0.631 bits per heavy atom. The Kier molecular flexibility index (Phi) is 24.8. The fourth-order valence-electron chi connectivity index (χ4n) is 19.2. The van der Waals surface area contributed by atoms with Gasteiger partial charge < -0.3 is 38.1 Å². The minimum Gasteiger partial charge on any atom is -0.455 e. The van der Waals surface area contributed by atoms with Gasteiger partial charge in [-0.15, -0.1) is 15.0 Å². The third-order valence-corrected chi connectivity index (χ3v) is 26.6. The summed E-state index contributed by atoms with van der Waals surface area (Å²) in [5.41, 5.74) is 33.7. The van der Waals surface area contributed by atoms with Gasteiger partial charge in [0.05, 0.1) is 0 Å². The zero-order chi connectivity index (χ0) is 101. The highest BCUT2D eigenvalue weighted by Gasteiger charge is 2.30. The lowest BCUT2D eigenvalue weighted by Crippen LogP contribution is -2.10. The first-order chi connectivity index (χ1) is 73.6. The van der Waals surface area contributed by atoms with Gasteiger partial charge in [0.15, 0.2) is 17.1 Å². The van der Waals surface area contributed by atoms with Gasteiger partial charge >= 0.3 is 5.82 Å². The minimum atomic E-state index is -0.298. The first kappa shape index (κ1) is 91.2. The number of furan rings is 2. The van der Waals surface area contributed by atoms with Crippen molar-refractivity contribution in [1.29, 1.82) is 15.8 Å². The Bertz CT molecular complexity index is 9030. The summed E-state index contributed by atoms with van der Waals surface area (Å²) >= 11 is 0. The first-order valence-electron chi connectivity index (χ1n) is 48.2. The summed E-state index contributed by atoms with van der Waals surface area (Å²) in [5, 5.41) is 32.4. The van der Waals surface area contributed by atoms with Crippen LogP contribution in [-0.2, 0) is 0 Å². The van der Waals surface area contributed by atoms with Gasteiger partial charge in [0.2, 0.25) is 11.0 Å². The number of anilines is 9. The minimum absolute atomic E-state index is 0.000622. The first-order valence-corrected chi connectivity index (χ1v) is 48.2. The maximum absolute atomic E-state index is 9.30. The van der Waals surface area contributed by atoms with Crippen LogP contribution in [-0.4, -0.2) is 29.9 Å². The summed E-state index contributed by atoms with van der Waals surface area (Å²) in [5.74, 6) is -0.890. The molecule has 0 amide bonds. The summed E-state index contributed by atoms with van der Waals surface area (Å²) in [4.78, 5) is 41.3. The second-order valence-electron chi connectivity index (χ2n) is 35.3. The van der Waals surface area contributed by atoms with E-state index in [-0.39, 0.29) is 67.6 Å². The predicted molar refractivity (Wildman–Crippen MR) is 599 cm³/mol. The van der Waals surface area contributed by atoms with Gasteiger partial charge in [0, 0.05) is 83.9 Å². The molecule has 0 aliphatic heterocycles. The average molecular weight is 1910 g/mol. The second-order valence-corrected chi connectivity index (χ2v) is 35.3. The molecule has 20 aromatic carbocycles. The highest BCUT2D eigenvalue weighted by molar-refractivity contribution is 6.19. The number of nitrogens with zero attached hydrogens (tertiary/aromatic N) is 15. The van der Waals surface area contributed by atoms with Crippen LogP contribution in [0, 0.1) is 53.7 Å². The van der Waals surface area contributed by atoms with Crippen molar-refractivity contribution in [2.75, 3.05) is 14.7 Å². The van der Waals surface area contributed by atoms with Gasteiger partial charge in [0.1, 0.15) is 57.1 Å². The van der Waals surface area contributed by atoms with E-state index < -0.39 is 0 Å². The molecule has 0 spiro atoms. The smallest absolute Gasteiger partial charge is 0.307 e. The number of benzene rings is 20. The number of aromatic nitrogens is 6. The average Bonchev–Trinajstić information content (AvgIpc) is 1.41. The molecular weight excluding hydrogens is 1830 g/mol. The van der Waals surface area contributed by atoms with Crippen molar-refractivity contribution >= 4 is 146 Å². The highest BCUT2D eigenvalue weighted by atomic mass is 16.3. The molecule has 5 aromatic heterocycles. The number of nitriles is 3. The lowest BCUT2D eigenvalue weighted by Gasteiger charge is -2.26. The molecule has 0 fully saturated rings. The Morgan fingerprint density at radius 1 is 0.181 bits per heavy atom. The van der Waals surface area contributed by atoms with Gasteiger partial charge in [-0.2, -0.15) is 15.8 Å². The molecule has 0 unspecified atom stereocenters. The molecule has 0 N–H and O–H groups in total. The van der Waals surface area contributed by atoms with Crippen LogP contribution in [0.25, 0.3) is 192 Å². The number of hydrogen-bond acceptors (Lipinski definition) is 14. The van der Waals surface area contributed by atoms with E-state index in [0.29, 0.717) is 0 Å². The summed E-state index contributed by atoms with van der Waals surface area (Å²) < 4.78 is 12.8. The summed E-state index contributed by atoms with van der Waals surface area (Å²) in [6.45, 7) is 21.7. The topological polar surface area (TPSA) is 198 Å². The standard InChI is InChI=1S/C60H44N2.C54H35NO2.C18N12/c1-5-13-45(14-6-1)48-21-23-49(24-22-48)52-29-39-56(40-30-52)61(55-19-11-4-12-20-55)57-41-31-53(32-42-57)54-33-43-60(44-34-54)62(58-35-25-50(26-36-58)46-15-7-2-8-16-46)59-37-27-51(28-38-59)47-17-9-3-10-18-47;1-2-10-36(11-3-1)37-20-22-38(23-21-37)39-24-30-42(31-25-39)55(43-32-26-40(27-33-43)45-14-8-16-49-47-12-4-6-18-51(47)56-53(45)49)44-34-28-41(29-35-44)46-15-9-17-50-48-13-5-7-19-52(48)57-54(46)50;1-22-16-9(6-21)27-12-10-11(26-8(5-20)7(4-19)25-10)14-15(13(12)28-16)30-18(24-3)17(23-2)29-14/h1-44H;1-35H;. The Morgan fingerprint density at radius 2 is 0.376 bits per heavy atom. The summed E-state index contributed by atoms with van der Waals surface area (Å²) in [6.07, 6.45) is 0. The normalized spacial score (nSPS) is 10.9. The molecule has 0 aliphatic rings. The van der Waals surface area contributed by atoms with Crippen LogP contribution in [0.4, 0.5) is 68.6 Å². The predicted octanol–water partition coefficient (Wildman–Crippen LogP) is 35.4. The van der Waals surface area contributed by atoms with Crippen molar-refractivity contribution in [3.63, 3.8) is 0 Å². The van der Waals surface area contributed by atoms with E-state index >= 15 is 0 Å². The number of para-hydroxylation sites is 5. The molecule has 5 heterocycles. The van der Waals surface area contributed by atoms with E-state index in [0.717, 1.165) is 128 Å². The van der Waals surface area contributed by atoms with E-state index in [9.17, 15) is 15.8 Å². The second kappa shape index (κ2) is 40.5. The van der Waals surface area contributed by atoms with Crippen LogP contribution in [0.15, 0.2) is 488 Å². The molecule has 0 bridgehead atoms. The summed E-state index contributed by atoms with van der Waals surface area (Å²) in [6, 6.07) is 176. The molecule has 149 heavy (non-hydrogen) atoms. The van der Waals surface area contributed by atoms with E-state index in [1.54, 1.807) is 18.2 Å². The molecule has 0 aliphatic carbocycles. The Labute approximate surface area is 858 Å². The summed E-state index contributed by atoms with van der Waals surface area (Å²) in [7, 11) is 0. The van der Waals surface area contributed by atoms with Crippen molar-refractivity contribution in [3.8, 4) is 118 Å². The van der Waals surface area contributed by atoms with Crippen LogP contribution in [0.1, 0.15) is 17.1 Å². The number of fused-ring (bicyclic) bond motifs is 12. The third kappa shape index (κ3) is 18.1. The molecule has 694 valence electrons. The van der Waals surface area contributed by atoms with Gasteiger partial charge in [0.25, 0.3) is 17.2 Å². The van der Waals surface area contributed by atoms with Crippen molar-refractivity contribution in [2.45, 2.75) is 0 Å². The molecule has 25 rings (SSSR count). The van der Waals surface area contributed by atoms with Crippen LogP contribution >= 0.6 is 0 Å². The fraction of sp³-hybridized carbons (Fsp3) is 0. The van der Waals surface area contributed by atoms with Gasteiger partial charge in [-0.25, -0.2) is 15.0 Å². The lowest BCUT2D eigenvalue weighted by atomic mass is 9.99.